The number of likely N-dealkylation sites (N-methyl/N-ethyl adjacent to an activating group) is 1. The highest BCUT2D eigenvalue weighted by Gasteiger charge is 2.23. The molecule has 1 aliphatic heterocycles. The molecule has 1 unspecified atom stereocenters. The third-order valence-corrected chi connectivity index (χ3v) is 3.45. The Morgan fingerprint density at radius 3 is 2.89 bits per heavy atom. The topological polar surface area (TPSA) is 43.2 Å². The molecule has 1 saturated heterocycles. The Morgan fingerprint density at radius 1 is 1.39 bits per heavy atom. The van der Waals surface area contributed by atoms with Crippen molar-refractivity contribution in [1.82, 2.24) is 9.88 Å². The number of anilines is 1. The first-order chi connectivity index (χ1) is 8.61. The molecule has 1 fully saturated rings. The number of pyridine rings is 1. The SMILES string of the molecule is Cc1ccc(C#N)c(N2CCCN(C)CC2C)n1. The summed E-state index contributed by atoms with van der Waals surface area (Å²) in [6.45, 7) is 7.26. The molecule has 1 aromatic rings. The van der Waals surface area contributed by atoms with Crippen molar-refractivity contribution < 1.29 is 0 Å². The standard InChI is InChI=1S/C14H20N4/c1-11-5-6-13(9-15)14(16-11)18-8-4-7-17(3)10-12(18)2/h5-6,12H,4,7-8,10H2,1-3H3. The van der Waals surface area contributed by atoms with E-state index in [0.29, 0.717) is 11.6 Å². The van der Waals surface area contributed by atoms with Crippen LogP contribution in [0.4, 0.5) is 5.82 Å². The molecule has 0 bridgehead atoms. The van der Waals surface area contributed by atoms with Gasteiger partial charge in [0.1, 0.15) is 11.9 Å². The molecule has 0 radical (unpaired) electrons. The van der Waals surface area contributed by atoms with E-state index in [2.05, 4.69) is 34.8 Å². The van der Waals surface area contributed by atoms with Crippen molar-refractivity contribution in [3.8, 4) is 6.07 Å². The first-order valence-corrected chi connectivity index (χ1v) is 6.44. The number of aromatic nitrogens is 1. The van der Waals surface area contributed by atoms with Gasteiger partial charge < -0.3 is 9.80 Å². The van der Waals surface area contributed by atoms with Crippen LogP contribution in [0.3, 0.4) is 0 Å². The molecule has 0 amide bonds. The van der Waals surface area contributed by atoms with E-state index < -0.39 is 0 Å². The predicted octanol–water partition coefficient (Wildman–Crippen LogP) is 1.79. The van der Waals surface area contributed by atoms with Crippen LogP contribution in [-0.4, -0.2) is 42.6 Å². The zero-order valence-electron chi connectivity index (χ0n) is 11.3. The molecule has 96 valence electrons. The van der Waals surface area contributed by atoms with E-state index in [9.17, 15) is 5.26 Å². The van der Waals surface area contributed by atoms with E-state index in [1.165, 1.54) is 0 Å². The monoisotopic (exact) mass is 244 g/mol. The van der Waals surface area contributed by atoms with Crippen LogP contribution in [0.25, 0.3) is 0 Å². The van der Waals surface area contributed by atoms with Crippen LogP contribution < -0.4 is 4.90 Å². The van der Waals surface area contributed by atoms with E-state index >= 15 is 0 Å². The van der Waals surface area contributed by atoms with E-state index in [0.717, 1.165) is 37.6 Å². The van der Waals surface area contributed by atoms with Gasteiger partial charge >= 0.3 is 0 Å². The normalized spacial score (nSPS) is 21.4. The maximum Gasteiger partial charge on any atom is 0.147 e. The van der Waals surface area contributed by atoms with E-state index in [1.54, 1.807) is 0 Å². The fourth-order valence-electron chi connectivity index (χ4n) is 2.54. The number of nitriles is 1. The molecular weight excluding hydrogens is 224 g/mol. The van der Waals surface area contributed by atoms with Crippen LogP contribution in [0, 0.1) is 18.3 Å². The minimum Gasteiger partial charge on any atom is -0.351 e. The summed E-state index contributed by atoms with van der Waals surface area (Å²) >= 11 is 0. The molecule has 4 nitrogen and oxygen atoms in total. The van der Waals surface area contributed by atoms with Gasteiger partial charge in [-0.05, 0) is 46.0 Å². The van der Waals surface area contributed by atoms with Gasteiger partial charge in [-0.2, -0.15) is 5.26 Å². The van der Waals surface area contributed by atoms with Crippen molar-refractivity contribution in [1.29, 1.82) is 5.26 Å². The summed E-state index contributed by atoms with van der Waals surface area (Å²) in [5, 5.41) is 9.22. The van der Waals surface area contributed by atoms with Gasteiger partial charge in [-0.15, -0.1) is 0 Å². The zero-order valence-corrected chi connectivity index (χ0v) is 11.3. The minimum absolute atomic E-state index is 0.388. The molecule has 0 aliphatic carbocycles. The van der Waals surface area contributed by atoms with Crippen molar-refractivity contribution in [3.05, 3.63) is 23.4 Å². The second-order valence-electron chi connectivity index (χ2n) is 5.09. The van der Waals surface area contributed by atoms with Crippen LogP contribution in [0.2, 0.25) is 0 Å². The lowest BCUT2D eigenvalue weighted by atomic mass is 10.2. The summed E-state index contributed by atoms with van der Waals surface area (Å²) in [6.07, 6.45) is 1.11. The lowest BCUT2D eigenvalue weighted by Crippen LogP contribution is -2.38. The molecule has 0 spiro atoms. The largest absolute Gasteiger partial charge is 0.351 e. The Bertz CT molecular complexity index is 463. The Kier molecular flexibility index (Phi) is 3.83. The van der Waals surface area contributed by atoms with Gasteiger partial charge in [0.2, 0.25) is 0 Å². The number of rotatable bonds is 1. The smallest absolute Gasteiger partial charge is 0.147 e. The third-order valence-electron chi connectivity index (χ3n) is 3.45. The van der Waals surface area contributed by atoms with Crippen LogP contribution in [-0.2, 0) is 0 Å². The minimum atomic E-state index is 0.388. The lowest BCUT2D eigenvalue weighted by molar-refractivity contribution is 0.337. The van der Waals surface area contributed by atoms with Crippen molar-refractivity contribution >= 4 is 5.82 Å². The van der Waals surface area contributed by atoms with Crippen molar-refractivity contribution in [2.75, 3.05) is 31.6 Å². The zero-order chi connectivity index (χ0) is 13.1. The molecule has 1 aromatic heterocycles. The Balaban J connectivity index is 2.35. The highest BCUT2D eigenvalue weighted by atomic mass is 15.3. The van der Waals surface area contributed by atoms with Gasteiger partial charge in [0.15, 0.2) is 0 Å². The second-order valence-corrected chi connectivity index (χ2v) is 5.09. The maximum absolute atomic E-state index is 9.22. The highest BCUT2D eigenvalue weighted by molar-refractivity contribution is 5.55. The molecule has 0 N–H and O–H groups in total. The second kappa shape index (κ2) is 5.36. The summed E-state index contributed by atoms with van der Waals surface area (Å²) in [4.78, 5) is 9.18. The van der Waals surface area contributed by atoms with Gasteiger partial charge in [0.25, 0.3) is 0 Å². The molecule has 2 rings (SSSR count). The van der Waals surface area contributed by atoms with Crippen LogP contribution >= 0.6 is 0 Å². The average Bonchev–Trinajstić information content (AvgIpc) is 2.50. The van der Waals surface area contributed by atoms with Crippen LogP contribution in [0.5, 0.6) is 0 Å². The van der Waals surface area contributed by atoms with E-state index in [1.807, 2.05) is 19.1 Å². The van der Waals surface area contributed by atoms with Crippen molar-refractivity contribution in [3.63, 3.8) is 0 Å². The number of hydrogen-bond acceptors (Lipinski definition) is 4. The van der Waals surface area contributed by atoms with Crippen molar-refractivity contribution in [2.45, 2.75) is 26.3 Å². The third kappa shape index (κ3) is 2.62. The molecule has 4 heteroatoms. The average molecular weight is 244 g/mol. The molecule has 2 heterocycles. The summed E-state index contributed by atoms with van der Waals surface area (Å²) in [7, 11) is 2.15. The van der Waals surface area contributed by atoms with Gasteiger partial charge in [-0.25, -0.2) is 4.98 Å². The first kappa shape index (κ1) is 12.8. The maximum atomic E-state index is 9.22. The first-order valence-electron chi connectivity index (χ1n) is 6.44. The van der Waals surface area contributed by atoms with Crippen LogP contribution in [0.1, 0.15) is 24.6 Å². The molecule has 1 atom stereocenters. The molecule has 18 heavy (non-hydrogen) atoms. The number of hydrogen-bond donors (Lipinski definition) is 0. The van der Waals surface area contributed by atoms with Gasteiger partial charge in [0, 0.05) is 24.8 Å². The quantitative estimate of drug-likeness (QED) is 0.755. The van der Waals surface area contributed by atoms with Gasteiger partial charge in [-0.1, -0.05) is 0 Å². The predicted molar refractivity (Wildman–Crippen MR) is 72.6 cm³/mol. The fourth-order valence-corrected chi connectivity index (χ4v) is 2.54. The fraction of sp³-hybridized carbons (Fsp3) is 0.571. The van der Waals surface area contributed by atoms with E-state index in [4.69, 9.17) is 0 Å². The molecule has 0 aromatic carbocycles. The van der Waals surface area contributed by atoms with Gasteiger partial charge in [-0.3, -0.25) is 0 Å². The Morgan fingerprint density at radius 2 is 2.17 bits per heavy atom. The summed E-state index contributed by atoms with van der Waals surface area (Å²) in [5.74, 6) is 0.848. The van der Waals surface area contributed by atoms with E-state index in [-0.39, 0.29) is 0 Å². The number of nitrogens with zero attached hydrogens (tertiary/aromatic N) is 4. The summed E-state index contributed by atoms with van der Waals surface area (Å²) < 4.78 is 0. The molecular formula is C14H20N4. The molecule has 1 aliphatic rings. The summed E-state index contributed by atoms with van der Waals surface area (Å²) in [6, 6.07) is 6.42. The summed E-state index contributed by atoms with van der Waals surface area (Å²) in [5.41, 5.74) is 1.64. The van der Waals surface area contributed by atoms with Crippen LogP contribution in [0.15, 0.2) is 12.1 Å². The number of aryl methyl sites for hydroxylation is 1. The lowest BCUT2D eigenvalue weighted by Gasteiger charge is -2.29. The molecule has 0 saturated carbocycles. The van der Waals surface area contributed by atoms with Gasteiger partial charge in [0.05, 0.1) is 5.56 Å². The Labute approximate surface area is 109 Å². The Hall–Kier alpha value is -1.60. The van der Waals surface area contributed by atoms with Crippen molar-refractivity contribution in [2.24, 2.45) is 0 Å². The highest BCUT2D eigenvalue weighted by Crippen LogP contribution is 2.22.